The normalized spacial score (nSPS) is 12.2. The molecule has 0 saturated carbocycles. The molecule has 0 fully saturated rings. The van der Waals surface area contributed by atoms with Gasteiger partial charge in [-0.25, -0.2) is 13.1 Å². The molecule has 0 heterocycles. The molecular formula is C10H14N4O4S. The van der Waals surface area contributed by atoms with Crippen molar-refractivity contribution in [1.29, 1.82) is 0 Å². The first-order valence-electron chi connectivity index (χ1n) is 5.19. The number of carbonyl (C=O) groups excluding carboxylic acids is 1. The molecule has 104 valence electrons. The molecule has 5 N–H and O–H groups in total. The number of anilines is 1. The van der Waals surface area contributed by atoms with Gasteiger partial charge in [-0.05, 0) is 24.3 Å². The van der Waals surface area contributed by atoms with Crippen molar-refractivity contribution in [1.82, 2.24) is 4.72 Å². The highest BCUT2D eigenvalue weighted by Crippen LogP contribution is 2.13. The summed E-state index contributed by atoms with van der Waals surface area (Å²) in [6.45, 7) is 1.05. The summed E-state index contributed by atoms with van der Waals surface area (Å²) < 4.78 is 25.7. The van der Waals surface area contributed by atoms with Gasteiger partial charge in [-0.15, -0.1) is 0 Å². The second kappa shape index (κ2) is 6.16. The monoisotopic (exact) mass is 286 g/mol. The van der Waals surface area contributed by atoms with Crippen LogP contribution >= 0.6 is 0 Å². The lowest BCUT2D eigenvalue weighted by Crippen LogP contribution is -2.33. The molecule has 0 saturated heterocycles. The zero-order chi connectivity index (χ0) is 14.5. The van der Waals surface area contributed by atoms with Crippen LogP contribution in [0.3, 0.4) is 0 Å². The Kier molecular flexibility index (Phi) is 4.84. The molecule has 1 amide bonds. The average molecular weight is 286 g/mol. The molecule has 0 bridgehead atoms. The number of nitrogens with zero attached hydrogens (tertiary/aromatic N) is 1. The number of amidine groups is 1. The van der Waals surface area contributed by atoms with Crippen LogP contribution in [0.25, 0.3) is 0 Å². The highest BCUT2D eigenvalue weighted by atomic mass is 32.2. The highest BCUT2D eigenvalue weighted by molar-refractivity contribution is 7.89. The van der Waals surface area contributed by atoms with Crippen LogP contribution in [0.4, 0.5) is 5.69 Å². The summed E-state index contributed by atoms with van der Waals surface area (Å²) >= 11 is 0. The summed E-state index contributed by atoms with van der Waals surface area (Å²) in [4.78, 5) is 10.8. The Morgan fingerprint density at radius 1 is 1.37 bits per heavy atom. The Morgan fingerprint density at radius 2 is 1.95 bits per heavy atom. The molecule has 0 aromatic heterocycles. The fourth-order valence-corrected chi connectivity index (χ4v) is 2.21. The number of sulfonamides is 1. The third-order valence-electron chi connectivity index (χ3n) is 2.06. The maximum absolute atomic E-state index is 11.8. The van der Waals surface area contributed by atoms with Gasteiger partial charge in [0.15, 0.2) is 5.84 Å². The Bertz CT molecular complexity index is 580. The molecule has 8 nitrogen and oxygen atoms in total. The van der Waals surface area contributed by atoms with Crippen LogP contribution in [-0.4, -0.2) is 31.9 Å². The van der Waals surface area contributed by atoms with Crippen molar-refractivity contribution in [2.75, 3.05) is 11.9 Å². The number of amides is 1. The molecule has 0 spiro atoms. The van der Waals surface area contributed by atoms with Crippen molar-refractivity contribution < 1.29 is 18.4 Å². The van der Waals surface area contributed by atoms with E-state index in [1.54, 1.807) is 0 Å². The second-order valence-electron chi connectivity index (χ2n) is 3.62. The lowest BCUT2D eigenvalue weighted by molar-refractivity contribution is -0.114. The first-order valence-corrected chi connectivity index (χ1v) is 6.67. The number of nitrogens with one attached hydrogen (secondary N) is 2. The maximum atomic E-state index is 11.8. The molecular weight excluding hydrogens is 272 g/mol. The van der Waals surface area contributed by atoms with Crippen molar-refractivity contribution >= 4 is 27.5 Å². The lowest BCUT2D eigenvalue weighted by Gasteiger charge is -2.07. The summed E-state index contributed by atoms with van der Waals surface area (Å²) in [5, 5.41) is 13.5. The van der Waals surface area contributed by atoms with Gasteiger partial charge in [-0.3, -0.25) is 4.79 Å². The van der Waals surface area contributed by atoms with Crippen LogP contribution < -0.4 is 15.8 Å². The zero-order valence-corrected chi connectivity index (χ0v) is 10.9. The number of hydrogen-bond donors (Lipinski definition) is 4. The Balaban J connectivity index is 2.82. The SMILES string of the molecule is CC(=O)Nc1ccc(S(=O)(=O)NC/C(N)=N/O)cc1. The van der Waals surface area contributed by atoms with E-state index in [0.717, 1.165) is 0 Å². The maximum Gasteiger partial charge on any atom is 0.240 e. The third-order valence-corrected chi connectivity index (χ3v) is 3.47. The first kappa shape index (κ1) is 14.9. The van der Waals surface area contributed by atoms with Gasteiger partial charge in [0.05, 0.1) is 11.4 Å². The largest absolute Gasteiger partial charge is 0.409 e. The van der Waals surface area contributed by atoms with Crippen molar-refractivity contribution in [3.63, 3.8) is 0 Å². The minimum atomic E-state index is -3.75. The number of rotatable bonds is 5. The first-order chi connectivity index (χ1) is 8.85. The Labute approximate surface area is 110 Å². The quantitative estimate of drug-likeness (QED) is 0.254. The average Bonchev–Trinajstić information content (AvgIpc) is 2.36. The van der Waals surface area contributed by atoms with Crippen LogP contribution in [0.2, 0.25) is 0 Å². The van der Waals surface area contributed by atoms with E-state index in [0.29, 0.717) is 5.69 Å². The molecule has 19 heavy (non-hydrogen) atoms. The van der Waals surface area contributed by atoms with E-state index in [1.807, 2.05) is 0 Å². The Hall–Kier alpha value is -2.13. The molecule has 0 atom stereocenters. The van der Waals surface area contributed by atoms with Gasteiger partial charge in [-0.1, -0.05) is 5.16 Å². The van der Waals surface area contributed by atoms with E-state index >= 15 is 0 Å². The topological polar surface area (TPSA) is 134 Å². The molecule has 1 aromatic carbocycles. The standard InChI is InChI=1S/C10H14N4O4S/c1-7(15)13-8-2-4-9(5-3-8)19(17,18)12-6-10(11)14-16/h2-5,12,16H,6H2,1H3,(H2,11,14)(H,13,15). The van der Waals surface area contributed by atoms with E-state index in [1.165, 1.54) is 31.2 Å². The van der Waals surface area contributed by atoms with Crippen molar-refractivity contribution in [3.05, 3.63) is 24.3 Å². The van der Waals surface area contributed by atoms with Crippen LogP contribution in [-0.2, 0) is 14.8 Å². The molecule has 0 unspecified atom stereocenters. The minimum Gasteiger partial charge on any atom is -0.409 e. The molecule has 1 aromatic rings. The van der Waals surface area contributed by atoms with Crippen LogP contribution in [0.1, 0.15) is 6.92 Å². The molecule has 0 aliphatic rings. The Morgan fingerprint density at radius 3 is 2.42 bits per heavy atom. The van der Waals surface area contributed by atoms with Crippen LogP contribution in [0.5, 0.6) is 0 Å². The van der Waals surface area contributed by atoms with Crippen molar-refractivity contribution in [2.45, 2.75) is 11.8 Å². The number of benzene rings is 1. The molecule has 0 aliphatic carbocycles. The fraction of sp³-hybridized carbons (Fsp3) is 0.200. The minimum absolute atomic E-state index is 0.00680. The smallest absolute Gasteiger partial charge is 0.240 e. The summed E-state index contributed by atoms with van der Waals surface area (Å²) in [6, 6.07) is 5.58. The molecule has 0 radical (unpaired) electrons. The van der Waals surface area contributed by atoms with E-state index in [-0.39, 0.29) is 23.2 Å². The second-order valence-corrected chi connectivity index (χ2v) is 5.39. The third kappa shape index (κ3) is 4.56. The van der Waals surface area contributed by atoms with E-state index in [2.05, 4.69) is 15.2 Å². The highest BCUT2D eigenvalue weighted by Gasteiger charge is 2.14. The van der Waals surface area contributed by atoms with Gasteiger partial charge in [0.1, 0.15) is 0 Å². The fourth-order valence-electron chi connectivity index (χ4n) is 1.21. The van der Waals surface area contributed by atoms with Gasteiger partial charge >= 0.3 is 0 Å². The number of hydrogen-bond acceptors (Lipinski definition) is 5. The summed E-state index contributed by atoms with van der Waals surface area (Å²) in [5.41, 5.74) is 5.65. The van der Waals surface area contributed by atoms with Crippen LogP contribution in [0, 0.1) is 0 Å². The van der Waals surface area contributed by atoms with Crippen molar-refractivity contribution in [2.24, 2.45) is 10.9 Å². The van der Waals surface area contributed by atoms with Crippen molar-refractivity contribution in [3.8, 4) is 0 Å². The number of nitrogens with two attached hydrogens (primary N) is 1. The predicted octanol–water partition coefficient (Wildman–Crippen LogP) is -0.330. The van der Waals surface area contributed by atoms with Gasteiger partial charge in [0.25, 0.3) is 0 Å². The molecule has 9 heteroatoms. The lowest BCUT2D eigenvalue weighted by atomic mass is 10.3. The van der Waals surface area contributed by atoms with E-state index < -0.39 is 10.0 Å². The summed E-state index contributed by atoms with van der Waals surface area (Å²) in [7, 11) is -3.75. The van der Waals surface area contributed by atoms with Gasteiger partial charge in [-0.2, -0.15) is 0 Å². The van der Waals surface area contributed by atoms with Crippen LogP contribution in [0.15, 0.2) is 34.3 Å². The summed E-state index contributed by atoms with van der Waals surface area (Å²) in [6.07, 6.45) is 0. The number of carbonyl (C=O) groups is 1. The van der Waals surface area contributed by atoms with Gasteiger partial charge in [0, 0.05) is 12.6 Å². The van der Waals surface area contributed by atoms with E-state index in [9.17, 15) is 13.2 Å². The van der Waals surface area contributed by atoms with Gasteiger partial charge < -0.3 is 16.3 Å². The molecule has 1 rings (SSSR count). The predicted molar refractivity (Wildman–Crippen MR) is 69.3 cm³/mol. The zero-order valence-electron chi connectivity index (χ0n) is 10.1. The summed E-state index contributed by atoms with van der Waals surface area (Å²) in [5.74, 6) is -0.501. The number of oxime groups is 1. The molecule has 0 aliphatic heterocycles. The van der Waals surface area contributed by atoms with Gasteiger partial charge in [0.2, 0.25) is 15.9 Å². The van der Waals surface area contributed by atoms with E-state index in [4.69, 9.17) is 10.9 Å².